The summed E-state index contributed by atoms with van der Waals surface area (Å²) < 4.78 is 10.5. The maximum atomic E-state index is 13.4. The van der Waals surface area contributed by atoms with Crippen LogP contribution < -0.4 is 16.1 Å². The van der Waals surface area contributed by atoms with E-state index in [1.807, 2.05) is 19.9 Å². The lowest BCUT2D eigenvalue weighted by Gasteiger charge is -2.47. The Kier molecular flexibility index (Phi) is 3.41. The molecule has 0 amide bonds. The highest BCUT2D eigenvalue weighted by molar-refractivity contribution is 5.45. The largest absolute Gasteiger partial charge is 0.508 e. The molecule has 1 N–H and O–H groups in total. The zero-order valence-electron chi connectivity index (χ0n) is 15.7. The van der Waals surface area contributed by atoms with Crippen molar-refractivity contribution in [2.75, 3.05) is 0 Å². The predicted molar refractivity (Wildman–Crippen MR) is 103 cm³/mol. The van der Waals surface area contributed by atoms with Gasteiger partial charge in [0, 0.05) is 24.1 Å². The molecule has 0 bridgehead atoms. The van der Waals surface area contributed by atoms with E-state index in [4.69, 9.17) is 4.74 Å². The Bertz CT molecular complexity index is 1190. The molecule has 144 valence electrons. The van der Waals surface area contributed by atoms with E-state index in [9.17, 15) is 14.7 Å². The van der Waals surface area contributed by atoms with Crippen LogP contribution in [-0.4, -0.2) is 24.6 Å². The Balaban J connectivity index is 1.80. The van der Waals surface area contributed by atoms with Crippen molar-refractivity contribution in [1.29, 1.82) is 0 Å². The molecular formula is C21H21N3O4. The number of fused-ring (bicyclic) bond motifs is 5. The highest BCUT2D eigenvalue weighted by Crippen LogP contribution is 2.48. The summed E-state index contributed by atoms with van der Waals surface area (Å²) in [5.74, 6) is 0.676. The number of aromatic nitrogens is 3. The van der Waals surface area contributed by atoms with Crippen LogP contribution in [0.1, 0.15) is 31.9 Å². The third-order valence-electron chi connectivity index (χ3n) is 5.95. The van der Waals surface area contributed by atoms with Gasteiger partial charge in [-0.15, -0.1) is 0 Å². The fraction of sp³-hybridized carbons (Fsp3) is 0.333. The second-order valence-corrected chi connectivity index (χ2v) is 7.97. The van der Waals surface area contributed by atoms with Crippen LogP contribution in [0.2, 0.25) is 0 Å². The Morgan fingerprint density at radius 1 is 1.07 bits per heavy atom. The van der Waals surface area contributed by atoms with Crippen molar-refractivity contribution in [2.45, 2.75) is 38.5 Å². The Hall–Kier alpha value is -3.22. The molecule has 0 saturated heterocycles. The molecule has 0 spiro atoms. The van der Waals surface area contributed by atoms with E-state index >= 15 is 0 Å². The molecule has 3 heterocycles. The molecule has 0 aliphatic carbocycles. The zero-order valence-corrected chi connectivity index (χ0v) is 15.7. The van der Waals surface area contributed by atoms with Gasteiger partial charge in [-0.25, -0.2) is 23.5 Å². The van der Waals surface area contributed by atoms with E-state index in [1.165, 1.54) is 9.25 Å². The van der Waals surface area contributed by atoms with Crippen molar-refractivity contribution in [3.8, 4) is 17.2 Å². The number of nitrogens with zero attached hydrogens (tertiary/aromatic N) is 3. The van der Waals surface area contributed by atoms with E-state index in [2.05, 4.69) is 0 Å². The van der Waals surface area contributed by atoms with Gasteiger partial charge in [-0.2, -0.15) is 0 Å². The minimum Gasteiger partial charge on any atom is -0.508 e. The Morgan fingerprint density at radius 3 is 2.57 bits per heavy atom. The topological polar surface area (TPSA) is 78.4 Å². The zero-order chi connectivity index (χ0) is 19.6. The number of phenolic OH excluding ortho intramolecular Hbond substituents is 1. The third-order valence-corrected chi connectivity index (χ3v) is 5.95. The minimum absolute atomic E-state index is 0.0215. The van der Waals surface area contributed by atoms with Crippen molar-refractivity contribution in [1.82, 2.24) is 13.9 Å². The average Bonchev–Trinajstić information content (AvgIpc) is 2.92. The first-order chi connectivity index (χ1) is 13.4. The molecule has 3 aromatic rings. The summed E-state index contributed by atoms with van der Waals surface area (Å²) in [4.78, 5) is 26.5. The van der Waals surface area contributed by atoms with Crippen molar-refractivity contribution < 1.29 is 9.84 Å². The number of para-hydroxylation sites is 1. The molecule has 0 fully saturated rings. The first-order valence-corrected chi connectivity index (χ1v) is 9.40. The Morgan fingerprint density at radius 2 is 1.82 bits per heavy atom. The van der Waals surface area contributed by atoms with Crippen LogP contribution >= 0.6 is 0 Å². The maximum absolute atomic E-state index is 13.4. The summed E-state index contributed by atoms with van der Waals surface area (Å²) in [7, 11) is 0. The van der Waals surface area contributed by atoms with Gasteiger partial charge >= 0.3 is 11.4 Å². The van der Waals surface area contributed by atoms with Gasteiger partial charge in [-0.1, -0.05) is 18.2 Å². The van der Waals surface area contributed by atoms with Gasteiger partial charge in [-0.3, -0.25) is 0 Å². The van der Waals surface area contributed by atoms with E-state index < -0.39 is 5.60 Å². The van der Waals surface area contributed by atoms with Gasteiger partial charge in [0.05, 0.1) is 11.7 Å². The lowest BCUT2D eigenvalue weighted by Crippen LogP contribution is -2.52. The van der Waals surface area contributed by atoms with Crippen molar-refractivity contribution in [3.63, 3.8) is 0 Å². The Labute approximate surface area is 161 Å². The molecule has 0 saturated carbocycles. The summed E-state index contributed by atoms with van der Waals surface area (Å²) in [5.41, 5.74) is 0.131. The fourth-order valence-corrected chi connectivity index (χ4v) is 4.65. The van der Waals surface area contributed by atoms with Crippen molar-refractivity contribution in [2.24, 2.45) is 5.92 Å². The first kappa shape index (κ1) is 16.9. The molecule has 2 aliphatic heterocycles. The van der Waals surface area contributed by atoms with Crippen LogP contribution in [0, 0.1) is 5.92 Å². The monoisotopic (exact) mass is 379 g/mol. The number of aromatic hydroxyl groups is 1. The smallest absolute Gasteiger partial charge is 0.352 e. The van der Waals surface area contributed by atoms with E-state index in [1.54, 1.807) is 47.1 Å². The van der Waals surface area contributed by atoms with Crippen LogP contribution in [0.3, 0.4) is 0 Å². The quantitative estimate of drug-likeness (QED) is 0.704. The molecule has 7 nitrogen and oxygen atoms in total. The third kappa shape index (κ3) is 2.22. The van der Waals surface area contributed by atoms with Gasteiger partial charge in [0.1, 0.15) is 17.1 Å². The predicted octanol–water partition coefficient (Wildman–Crippen LogP) is 2.29. The highest BCUT2D eigenvalue weighted by atomic mass is 16.5. The van der Waals surface area contributed by atoms with Gasteiger partial charge in [-0.05, 0) is 44.5 Å². The van der Waals surface area contributed by atoms with E-state index in [-0.39, 0.29) is 29.1 Å². The summed E-state index contributed by atoms with van der Waals surface area (Å²) in [5, 5.41) is 9.89. The highest BCUT2D eigenvalue weighted by Gasteiger charge is 2.48. The summed E-state index contributed by atoms with van der Waals surface area (Å²) in [6, 6.07) is 13.6. The summed E-state index contributed by atoms with van der Waals surface area (Å²) in [6.45, 7) is 4.44. The number of hydrogen-bond donors (Lipinski definition) is 1. The lowest BCUT2D eigenvalue weighted by molar-refractivity contribution is -0.0224. The summed E-state index contributed by atoms with van der Waals surface area (Å²) >= 11 is 0. The first-order valence-electron chi connectivity index (χ1n) is 9.40. The van der Waals surface area contributed by atoms with Gasteiger partial charge in [0.25, 0.3) is 0 Å². The van der Waals surface area contributed by atoms with Crippen molar-refractivity contribution >= 4 is 0 Å². The number of ether oxygens (including phenoxy) is 1. The molecule has 1 aromatic heterocycles. The van der Waals surface area contributed by atoms with E-state index in [0.29, 0.717) is 18.0 Å². The SMILES string of the molecule is CC1(C)Oc2cc(O)ccc2C2C1CCn1c(=O)n(-c3ccccc3)c(=O)n12. The molecule has 28 heavy (non-hydrogen) atoms. The second kappa shape index (κ2) is 5.64. The molecule has 2 aliphatic rings. The molecule has 0 radical (unpaired) electrons. The van der Waals surface area contributed by atoms with Crippen molar-refractivity contribution in [3.05, 3.63) is 75.1 Å². The molecule has 2 atom stereocenters. The van der Waals surface area contributed by atoms with Crippen LogP contribution in [-0.2, 0) is 6.54 Å². The number of benzene rings is 2. The second-order valence-electron chi connectivity index (χ2n) is 7.97. The van der Waals surface area contributed by atoms with E-state index in [0.717, 1.165) is 12.0 Å². The fourth-order valence-electron chi connectivity index (χ4n) is 4.65. The summed E-state index contributed by atoms with van der Waals surface area (Å²) in [6.07, 6.45) is 0.718. The maximum Gasteiger partial charge on any atom is 0.352 e. The normalized spacial score (nSPS) is 21.9. The van der Waals surface area contributed by atoms with Gasteiger partial charge < -0.3 is 9.84 Å². The average molecular weight is 379 g/mol. The lowest BCUT2D eigenvalue weighted by atomic mass is 9.76. The molecule has 5 rings (SSSR count). The van der Waals surface area contributed by atoms with Crippen LogP contribution in [0.5, 0.6) is 11.5 Å². The molecular weight excluding hydrogens is 358 g/mol. The van der Waals surface area contributed by atoms with Crippen LogP contribution in [0.4, 0.5) is 0 Å². The number of hydrogen-bond acceptors (Lipinski definition) is 4. The molecule has 2 unspecified atom stereocenters. The number of rotatable bonds is 1. The van der Waals surface area contributed by atoms with Crippen LogP contribution in [0.15, 0.2) is 58.1 Å². The van der Waals surface area contributed by atoms with Gasteiger partial charge in [0.2, 0.25) is 0 Å². The molecule has 2 aromatic carbocycles. The molecule has 7 heteroatoms. The minimum atomic E-state index is -0.541. The number of phenols is 1. The van der Waals surface area contributed by atoms with Gasteiger partial charge in [0.15, 0.2) is 0 Å². The van der Waals surface area contributed by atoms with Crippen LogP contribution in [0.25, 0.3) is 5.69 Å². The standard InChI is InChI=1S/C21H21N3O4/c1-21(2)16-10-11-22-19(26)23(13-6-4-3-5-7-13)20(27)24(22)18(16)15-9-8-14(25)12-17(15)28-21/h3-9,12,16,18,25H,10-11H2,1-2H3.